The molecular weight excluding hydrogens is 138 g/mol. The van der Waals surface area contributed by atoms with Crippen LogP contribution in [-0.2, 0) is 0 Å². The average Bonchev–Trinajstić information content (AvgIpc) is 2.06. The summed E-state index contributed by atoms with van der Waals surface area (Å²) in [5.74, 6) is 0.553. The van der Waals surface area contributed by atoms with Crippen molar-refractivity contribution in [2.75, 3.05) is 13.6 Å². The summed E-state index contributed by atoms with van der Waals surface area (Å²) in [4.78, 5) is 4.27. The van der Waals surface area contributed by atoms with Crippen LogP contribution in [0.15, 0.2) is 4.99 Å². The van der Waals surface area contributed by atoms with Crippen LogP contribution >= 0.6 is 0 Å². The van der Waals surface area contributed by atoms with Crippen LogP contribution in [0.1, 0.15) is 20.3 Å². The lowest BCUT2D eigenvalue weighted by molar-refractivity contribution is 0.593. The van der Waals surface area contributed by atoms with E-state index in [1.54, 1.807) is 0 Å². The fourth-order valence-corrected chi connectivity index (χ4v) is 0.609. The number of nitrogens with zero attached hydrogens (tertiary/aromatic N) is 1. The summed E-state index contributed by atoms with van der Waals surface area (Å²) in [6, 6.07) is 0. The number of hydrogen-bond acceptors (Lipinski definition) is 3. The van der Waals surface area contributed by atoms with Crippen LogP contribution in [0, 0.1) is 5.92 Å². The molecule has 0 heterocycles. The number of aliphatic imine (C=N–C) groups is 1. The lowest BCUT2D eigenvalue weighted by Crippen LogP contribution is -2.31. The number of nitrogens with one attached hydrogen (secondary N) is 1. The third kappa shape index (κ3) is 4.93. The molecule has 2 unspecified atom stereocenters. The topological polar surface area (TPSA) is 50.4 Å². The highest BCUT2D eigenvalue weighted by Gasteiger charge is 1.98. The lowest BCUT2D eigenvalue weighted by Gasteiger charge is -2.08. The molecule has 0 aliphatic carbocycles. The molecule has 2 atom stereocenters. The molecule has 0 aliphatic rings. The first-order valence-electron chi connectivity index (χ1n) is 4.15. The molecule has 0 saturated carbocycles. The van der Waals surface area contributed by atoms with Crippen LogP contribution in [-0.4, -0.2) is 26.0 Å². The molecule has 66 valence electrons. The Morgan fingerprint density at radius 1 is 1.64 bits per heavy atom. The molecule has 0 amide bonds. The van der Waals surface area contributed by atoms with E-state index in [0.717, 1.165) is 6.42 Å². The zero-order valence-corrected chi connectivity index (χ0v) is 7.67. The van der Waals surface area contributed by atoms with Crippen LogP contribution < -0.4 is 11.1 Å². The van der Waals surface area contributed by atoms with Gasteiger partial charge in [0, 0.05) is 12.8 Å². The van der Waals surface area contributed by atoms with Gasteiger partial charge in [-0.15, -0.1) is 0 Å². The van der Waals surface area contributed by atoms with E-state index in [0.29, 0.717) is 12.5 Å². The van der Waals surface area contributed by atoms with Crippen molar-refractivity contribution in [3.05, 3.63) is 0 Å². The van der Waals surface area contributed by atoms with Crippen molar-refractivity contribution in [2.24, 2.45) is 16.6 Å². The Morgan fingerprint density at radius 3 is 2.64 bits per heavy atom. The fraction of sp³-hybridized carbons (Fsp3) is 0.875. The average molecular weight is 157 g/mol. The highest BCUT2D eigenvalue weighted by Crippen LogP contribution is 1.96. The van der Waals surface area contributed by atoms with E-state index < -0.39 is 0 Å². The van der Waals surface area contributed by atoms with E-state index in [1.165, 1.54) is 0 Å². The summed E-state index contributed by atoms with van der Waals surface area (Å²) in [7, 11) is 1.87. The van der Waals surface area contributed by atoms with Gasteiger partial charge in [0.15, 0.2) is 0 Å². The maximum atomic E-state index is 5.43. The quantitative estimate of drug-likeness (QED) is 0.574. The van der Waals surface area contributed by atoms with Gasteiger partial charge in [-0.3, -0.25) is 10.3 Å². The van der Waals surface area contributed by atoms with Gasteiger partial charge in [-0.05, 0) is 19.4 Å². The Labute approximate surface area is 69.1 Å². The third-order valence-corrected chi connectivity index (χ3v) is 1.72. The molecule has 0 rings (SSSR count). The van der Waals surface area contributed by atoms with Crippen LogP contribution in [0.5, 0.6) is 0 Å². The summed E-state index contributed by atoms with van der Waals surface area (Å²) >= 11 is 0. The van der Waals surface area contributed by atoms with Crippen molar-refractivity contribution in [1.82, 2.24) is 5.32 Å². The summed E-state index contributed by atoms with van der Waals surface area (Å²) in [5.41, 5.74) is 5.43. The van der Waals surface area contributed by atoms with Gasteiger partial charge in [-0.25, -0.2) is 0 Å². The van der Waals surface area contributed by atoms with Crippen molar-refractivity contribution in [2.45, 2.75) is 26.4 Å². The third-order valence-electron chi connectivity index (χ3n) is 1.72. The summed E-state index contributed by atoms with van der Waals surface area (Å²) in [5, 5.41) is 3.01. The molecule has 11 heavy (non-hydrogen) atoms. The Morgan fingerprint density at radius 2 is 2.27 bits per heavy atom. The molecule has 0 saturated heterocycles. The standard InChI is InChI=1S/C8H19N3/c1-4-7(2)6-11-8(5-9)10-3/h6-8,10H,4-5,9H2,1-3H3/b11-6-. The van der Waals surface area contributed by atoms with Gasteiger partial charge in [0.2, 0.25) is 0 Å². The molecule has 0 aliphatic heterocycles. The maximum absolute atomic E-state index is 5.43. The first-order chi connectivity index (χ1) is 5.24. The minimum Gasteiger partial charge on any atom is -0.327 e. The van der Waals surface area contributed by atoms with E-state index in [1.807, 2.05) is 13.3 Å². The van der Waals surface area contributed by atoms with Gasteiger partial charge < -0.3 is 5.73 Å². The van der Waals surface area contributed by atoms with E-state index in [-0.39, 0.29) is 6.17 Å². The van der Waals surface area contributed by atoms with Crippen LogP contribution in [0.4, 0.5) is 0 Å². The Hall–Kier alpha value is -0.410. The molecule has 0 spiro atoms. The van der Waals surface area contributed by atoms with Gasteiger partial charge in [-0.2, -0.15) is 0 Å². The number of likely N-dealkylation sites (N-methyl/N-ethyl adjacent to an activating group) is 1. The molecule has 3 nitrogen and oxygen atoms in total. The minimum absolute atomic E-state index is 0.0870. The van der Waals surface area contributed by atoms with Gasteiger partial charge >= 0.3 is 0 Å². The first kappa shape index (κ1) is 10.6. The molecule has 0 radical (unpaired) electrons. The largest absolute Gasteiger partial charge is 0.327 e. The highest BCUT2D eigenvalue weighted by molar-refractivity contribution is 5.60. The van der Waals surface area contributed by atoms with Crippen LogP contribution in [0.25, 0.3) is 0 Å². The van der Waals surface area contributed by atoms with Gasteiger partial charge in [0.1, 0.15) is 6.17 Å². The highest BCUT2D eigenvalue weighted by atomic mass is 15.1. The van der Waals surface area contributed by atoms with E-state index in [9.17, 15) is 0 Å². The number of hydrogen-bond donors (Lipinski definition) is 2. The van der Waals surface area contributed by atoms with Gasteiger partial charge in [0.05, 0.1) is 0 Å². The smallest absolute Gasteiger partial charge is 0.111 e. The van der Waals surface area contributed by atoms with Crippen molar-refractivity contribution < 1.29 is 0 Å². The summed E-state index contributed by atoms with van der Waals surface area (Å²) < 4.78 is 0. The molecule has 0 aromatic heterocycles. The normalized spacial score (nSPS) is 17.1. The maximum Gasteiger partial charge on any atom is 0.111 e. The molecule has 0 aromatic rings. The number of nitrogens with two attached hydrogens (primary N) is 1. The SMILES string of the molecule is CCC(C)/C=N\C(CN)NC. The summed E-state index contributed by atoms with van der Waals surface area (Å²) in [6.45, 7) is 4.85. The second-order valence-electron chi connectivity index (χ2n) is 2.72. The second kappa shape index (κ2) is 6.31. The first-order valence-corrected chi connectivity index (χ1v) is 4.15. The van der Waals surface area contributed by atoms with E-state index >= 15 is 0 Å². The minimum atomic E-state index is 0.0870. The zero-order valence-electron chi connectivity index (χ0n) is 7.67. The van der Waals surface area contributed by atoms with Gasteiger partial charge in [0.25, 0.3) is 0 Å². The van der Waals surface area contributed by atoms with Crippen molar-refractivity contribution in [1.29, 1.82) is 0 Å². The Balaban J connectivity index is 3.68. The van der Waals surface area contributed by atoms with Crippen LogP contribution in [0.3, 0.4) is 0 Å². The van der Waals surface area contributed by atoms with E-state index in [2.05, 4.69) is 24.2 Å². The van der Waals surface area contributed by atoms with E-state index in [4.69, 9.17) is 5.73 Å². The van der Waals surface area contributed by atoms with Crippen LogP contribution in [0.2, 0.25) is 0 Å². The molecule has 0 fully saturated rings. The fourth-order valence-electron chi connectivity index (χ4n) is 0.609. The Bertz CT molecular complexity index is 108. The molecule has 0 bridgehead atoms. The molecule has 3 heteroatoms. The molecular formula is C8H19N3. The predicted octanol–water partition coefficient (Wildman–Crippen LogP) is 0.608. The zero-order chi connectivity index (χ0) is 8.69. The van der Waals surface area contributed by atoms with Gasteiger partial charge in [-0.1, -0.05) is 13.8 Å². The summed E-state index contributed by atoms with van der Waals surface area (Å²) in [6.07, 6.45) is 3.18. The molecule has 3 N–H and O–H groups in total. The number of rotatable bonds is 5. The monoisotopic (exact) mass is 157 g/mol. The van der Waals surface area contributed by atoms with Crippen molar-refractivity contribution >= 4 is 6.21 Å². The van der Waals surface area contributed by atoms with Crippen molar-refractivity contribution in [3.63, 3.8) is 0 Å². The lowest BCUT2D eigenvalue weighted by atomic mass is 10.1. The van der Waals surface area contributed by atoms with Crippen molar-refractivity contribution in [3.8, 4) is 0 Å². The predicted molar refractivity (Wildman–Crippen MR) is 49.8 cm³/mol. The Kier molecular flexibility index (Phi) is 6.07. The second-order valence-corrected chi connectivity index (χ2v) is 2.72. The molecule has 0 aromatic carbocycles.